The Labute approximate surface area is 138 Å². The number of hydrogen-bond acceptors (Lipinski definition) is 5. The topological polar surface area (TPSA) is 46.8 Å². The molecule has 7 heteroatoms. The zero-order valence-electron chi connectivity index (χ0n) is 12.2. The summed E-state index contributed by atoms with van der Waals surface area (Å²) in [6, 6.07) is 9.76. The Morgan fingerprint density at radius 3 is 2.77 bits per heavy atom. The van der Waals surface area contributed by atoms with Gasteiger partial charge in [-0.15, -0.1) is 10.2 Å². The average Bonchev–Trinajstić information content (AvgIpc) is 3.19. The summed E-state index contributed by atoms with van der Waals surface area (Å²) in [4.78, 5) is 2.10. The van der Waals surface area contributed by atoms with Crippen LogP contribution in [-0.2, 0) is 13.0 Å². The molecule has 0 bridgehead atoms. The van der Waals surface area contributed by atoms with Gasteiger partial charge >= 0.3 is 0 Å². The Kier molecular flexibility index (Phi) is 4.70. The number of likely N-dealkylation sites (N-methyl/N-ethyl adjacent to an activating group) is 1. The van der Waals surface area contributed by atoms with Crippen LogP contribution >= 0.6 is 22.9 Å². The van der Waals surface area contributed by atoms with E-state index in [-0.39, 0.29) is 0 Å². The van der Waals surface area contributed by atoms with Gasteiger partial charge in [0.1, 0.15) is 5.01 Å². The molecule has 0 saturated carbocycles. The number of anilines is 1. The third kappa shape index (κ3) is 3.84. The molecule has 1 aromatic carbocycles. The minimum absolute atomic E-state index is 0.750. The van der Waals surface area contributed by atoms with Crippen molar-refractivity contribution in [2.24, 2.45) is 0 Å². The molecule has 0 amide bonds. The first-order valence-electron chi connectivity index (χ1n) is 6.96. The van der Waals surface area contributed by atoms with Crippen molar-refractivity contribution < 1.29 is 0 Å². The van der Waals surface area contributed by atoms with Crippen molar-refractivity contribution in [1.29, 1.82) is 0 Å². The van der Waals surface area contributed by atoms with E-state index >= 15 is 0 Å². The lowest BCUT2D eigenvalue weighted by Gasteiger charge is -2.14. The lowest BCUT2D eigenvalue weighted by molar-refractivity contribution is 0.610. The molecule has 22 heavy (non-hydrogen) atoms. The lowest BCUT2D eigenvalue weighted by Crippen LogP contribution is -2.22. The smallest absolute Gasteiger partial charge is 0.208 e. The molecule has 0 aliphatic heterocycles. The normalized spacial score (nSPS) is 10.8. The second kappa shape index (κ2) is 6.89. The van der Waals surface area contributed by atoms with E-state index in [1.165, 1.54) is 5.56 Å². The predicted octanol–water partition coefficient (Wildman–Crippen LogP) is 3.12. The van der Waals surface area contributed by atoms with Gasteiger partial charge in [-0.05, 0) is 23.8 Å². The summed E-state index contributed by atoms with van der Waals surface area (Å²) in [7, 11) is 2.02. The van der Waals surface area contributed by atoms with Crippen LogP contribution in [0.1, 0.15) is 10.6 Å². The molecule has 3 rings (SSSR count). The number of nitrogens with zero attached hydrogens (tertiary/aromatic N) is 5. The molecule has 0 N–H and O–H groups in total. The van der Waals surface area contributed by atoms with Crippen molar-refractivity contribution >= 4 is 28.1 Å². The Morgan fingerprint density at radius 2 is 2.05 bits per heavy atom. The Bertz CT molecular complexity index is 708. The van der Waals surface area contributed by atoms with Crippen LogP contribution in [0.5, 0.6) is 0 Å². The van der Waals surface area contributed by atoms with E-state index in [9.17, 15) is 0 Å². The summed E-state index contributed by atoms with van der Waals surface area (Å²) in [5, 5.41) is 15.4. The molecular weight excluding hydrogens is 318 g/mol. The van der Waals surface area contributed by atoms with Crippen LogP contribution in [0.3, 0.4) is 0 Å². The molecule has 0 aliphatic carbocycles. The Hall–Kier alpha value is -1.92. The minimum Gasteiger partial charge on any atom is -0.348 e. The van der Waals surface area contributed by atoms with Crippen LogP contribution in [0.25, 0.3) is 0 Å². The van der Waals surface area contributed by atoms with Crippen molar-refractivity contribution in [1.82, 2.24) is 20.0 Å². The minimum atomic E-state index is 0.750. The highest BCUT2D eigenvalue weighted by Crippen LogP contribution is 2.22. The second-order valence-electron chi connectivity index (χ2n) is 4.97. The van der Waals surface area contributed by atoms with E-state index in [1.54, 1.807) is 17.5 Å². The first-order chi connectivity index (χ1) is 10.7. The van der Waals surface area contributed by atoms with E-state index in [0.717, 1.165) is 34.7 Å². The summed E-state index contributed by atoms with van der Waals surface area (Å²) < 4.78 is 1.91. The first-order valence-corrected chi connectivity index (χ1v) is 8.15. The predicted molar refractivity (Wildman–Crippen MR) is 89.7 cm³/mol. The number of halogens is 1. The van der Waals surface area contributed by atoms with Crippen molar-refractivity contribution in [2.45, 2.75) is 13.0 Å². The summed E-state index contributed by atoms with van der Waals surface area (Å²) in [5.41, 5.74) is 1.19. The summed E-state index contributed by atoms with van der Waals surface area (Å²) in [6.45, 7) is 1.67. The van der Waals surface area contributed by atoms with Crippen LogP contribution in [0.15, 0.2) is 42.7 Å². The van der Waals surface area contributed by atoms with Crippen molar-refractivity contribution in [2.75, 3.05) is 18.5 Å². The molecule has 0 saturated heterocycles. The molecular formula is C15H16ClN5S. The third-order valence-corrected chi connectivity index (χ3v) is 4.56. The van der Waals surface area contributed by atoms with Gasteiger partial charge in [-0.25, -0.2) is 0 Å². The monoisotopic (exact) mass is 333 g/mol. The molecule has 0 radical (unpaired) electrons. The lowest BCUT2D eigenvalue weighted by atomic mass is 10.2. The molecule has 2 aromatic heterocycles. The molecule has 0 fully saturated rings. The fourth-order valence-corrected chi connectivity index (χ4v) is 3.01. The number of aromatic nitrogens is 4. The highest BCUT2D eigenvalue weighted by molar-refractivity contribution is 7.15. The molecule has 0 atom stereocenters. The first kappa shape index (κ1) is 15.0. The summed E-state index contributed by atoms with van der Waals surface area (Å²) in [5.74, 6) is 0. The average molecular weight is 334 g/mol. The van der Waals surface area contributed by atoms with Gasteiger partial charge in [0.2, 0.25) is 5.13 Å². The maximum atomic E-state index is 5.90. The van der Waals surface area contributed by atoms with E-state index in [1.807, 2.05) is 48.3 Å². The fourth-order valence-electron chi connectivity index (χ4n) is 2.03. The maximum absolute atomic E-state index is 5.90. The van der Waals surface area contributed by atoms with Gasteiger partial charge in [0, 0.05) is 37.4 Å². The van der Waals surface area contributed by atoms with Crippen LogP contribution in [0, 0.1) is 0 Å². The maximum Gasteiger partial charge on any atom is 0.208 e. The van der Waals surface area contributed by atoms with Gasteiger partial charge in [-0.2, -0.15) is 5.10 Å². The van der Waals surface area contributed by atoms with E-state index in [0.29, 0.717) is 0 Å². The molecule has 0 spiro atoms. The van der Waals surface area contributed by atoms with Gasteiger partial charge in [0.15, 0.2) is 0 Å². The van der Waals surface area contributed by atoms with Crippen LogP contribution in [-0.4, -0.2) is 33.6 Å². The molecule has 3 aromatic rings. The van der Waals surface area contributed by atoms with Crippen molar-refractivity contribution in [3.05, 3.63) is 58.3 Å². The Morgan fingerprint density at radius 1 is 1.23 bits per heavy atom. The standard InChI is InChI=1S/C15H16ClN5S/c1-20(9-10-21-8-2-7-17-21)15-19-18-14(22-15)11-12-3-5-13(16)6-4-12/h2-8H,9-11H2,1H3. The highest BCUT2D eigenvalue weighted by atomic mass is 35.5. The van der Waals surface area contributed by atoms with E-state index in [2.05, 4.69) is 20.2 Å². The number of benzene rings is 1. The van der Waals surface area contributed by atoms with Crippen molar-refractivity contribution in [3.8, 4) is 0 Å². The largest absolute Gasteiger partial charge is 0.348 e. The van der Waals surface area contributed by atoms with E-state index < -0.39 is 0 Å². The fraction of sp³-hybridized carbons (Fsp3) is 0.267. The van der Waals surface area contributed by atoms with Gasteiger partial charge < -0.3 is 4.90 Å². The van der Waals surface area contributed by atoms with Crippen molar-refractivity contribution in [3.63, 3.8) is 0 Å². The van der Waals surface area contributed by atoms with E-state index in [4.69, 9.17) is 11.6 Å². The second-order valence-corrected chi connectivity index (χ2v) is 6.45. The highest BCUT2D eigenvalue weighted by Gasteiger charge is 2.09. The molecule has 5 nitrogen and oxygen atoms in total. The van der Waals surface area contributed by atoms with Gasteiger partial charge in [0.25, 0.3) is 0 Å². The molecule has 0 unspecified atom stereocenters. The molecule has 114 valence electrons. The van der Waals surface area contributed by atoms with Gasteiger partial charge in [-0.3, -0.25) is 4.68 Å². The van der Waals surface area contributed by atoms with Gasteiger partial charge in [0.05, 0.1) is 6.54 Å². The summed E-state index contributed by atoms with van der Waals surface area (Å²) in [6.07, 6.45) is 4.52. The molecule has 0 aliphatic rings. The zero-order chi connectivity index (χ0) is 15.4. The van der Waals surface area contributed by atoms with Gasteiger partial charge in [-0.1, -0.05) is 35.1 Å². The summed E-state index contributed by atoms with van der Waals surface area (Å²) >= 11 is 7.52. The van der Waals surface area contributed by atoms with Crippen LogP contribution in [0.4, 0.5) is 5.13 Å². The van der Waals surface area contributed by atoms with Crippen LogP contribution < -0.4 is 4.90 Å². The zero-order valence-corrected chi connectivity index (χ0v) is 13.8. The SMILES string of the molecule is CN(CCn1cccn1)c1nnc(Cc2ccc(Cl)cc2)s1. The quantitative estimate of drug-likeness (QED) is 0.695. The van der Waals surface area contributed by atoms with Crippen LogP contribution in [0.2, 0.25) is 5.02 Å². The number of hydrogen-bond donors (Lipinski definition) is 0. The Balaban J connectivity index is 1.59. The number of rotatable bonds is 6. The third-order valence-electron chi connectivity index (χ3n) is 3.28. The molecule has 2 heterocycles.